The van der Waals surface area contributed by atoms with E-state index in [0.29, 0.717) is 6.29 Å². The predicted molar refractivity (Wildman–Crippen MR) is 37.3 cm³/mol. The summed E-state index contributed by atoms with van der Waals surface area (Å²) in [7, 11) is 0. The van der Waals surface area contributed by atoms with Crippen LogP contribution in [-0.2, 0) is 0 Å². The van der Waals surface area contributed by atoms with Gasteiger partial charge < -0.3 is 4.74 Å². The van der Waals surface area contributed by atoms with Crippen molar-refractivity contribution in [1.82, 2.24) is 0 Å². The number of ether oxygens (including phenoxy) is 1. The summed E-state index contributed by atoms with van der Waals surface area (Å²) in [6, 6.07) is 5.53. The summed E-state index contributed by atoms with van der Waals surface area (Å²) in [6.07, 6.45) is -4.22. The largest absolute Gasteiger partial charge is 0.573 e. The third-order valence-electron chi connectivity index (χ3n) is 1.17. The van der Waals surface area contributed by atoms with Crippen molar-refractivity contribution in [2.45, 2.75) is 6.36 Å². The van der Waals surface area contributed by atoms with Crippen LogP contribution in [0.15, 0.2) is 18.2 Å². The molecule has 1 aromatic rings. The SMILES string of the molecule is O=Cc1c[c]c(OC(F)(F)F)cc1. The van der Waals surface area contributed by atoms with E-state index in [1.807, 2.05) is 0 Å². The zero-order chi connectivity index (χ0) is 9.90. The second kappa shape index (κ2) is 3.47. The lowest BCUT2D eigenvalue weighted by Crippen LogP contribution is -2.17. The maximum absolute atomic E-state index is 11.6. The molecule has 0 atom stereocenters. The van der Waals surface area contributed by atoms with E-state index in [1.165, 1.54) is 6.07 Å². The van der Waals surface area contributed by atoms with Gasteiger partial charge in [0.25, 0.3) is 0 Å². The molecule has 2 nitrogen and oxygen atoms in total. The van der Waals surface area contributed by atoms with Crippen LogP contribution in [0, 0.1) is 6.07 Å². The number of carbonyl (C=O) groups is 1. The number of carbonyl (C=O) groups excluding carboxylic acids is 1. The van der Waals surface area contributed by atoms with E-state index < -0.39 is 12.1 Å². The number of halogens is 3. The maximum atomic E-state index is 11.6. The first-order chi connectivity index (χ1) is 6.01. The number of aldehydes is 1. The Balaban J connectivity index is 2.75. The third kappa shape index (κ3) is 3.14. The van der Waals surface area contributed by atoms with Crippen LogP contribution in [0.5, 0.6) is 5.75 Å². The molecule has 0 aliphatic rings. The molecule has 0 aromatic heterocycles. The van der Waals surface area contributed by atoms with Gasteiger partial charge in [-0.2, -0.15) is 0 Å². The molecular weight excluding hydrogens is 185 g/mol. The Kier molecular flexibility index (Phi) is 2.55. The minimum atomic E-state index is -4.72. The van der Waals surface area contributed by atoms with E-state index in [2.05, 4.69) is 10.8 Å². The number of rotatable bonds is 2. The molecule has 0 amide bonds. The van der Waals surface area contributed by atoms with Gasteiger partial charge in [0, 0.05) is 11.6 Å². The normalized spacial score (nSPS) is 11.0. The summed E-state index contributed by atoms with van der Waals surface area (Å²) in [6.45, 7) is 0. The Bertz CT molecular complexity index is 289. The number of hydrogen-bond acceptors (Lipinski definition) is 2. The average Bonchev–Trinajstić information content (AvgIpc) is 2.03. The molecule has 1 radical (unpaired) electrons. The monoisotopic (exact) mass is 189 g/mol. The van der Waals surface area contributed by atoms with Gasteiger partial charge in [-0.1, -0.05) is 0 Å². The molecular formula is C8H4F3O2. The van der Waals surface area contributed by atoms with Gasteiger partial charge >= 0.3 is 6.36 Å². The van der Waals surface area contributed by atoms with Crippen LogP contribution in [-0.4, -0.2) is 12.6 Å². The topological polar surface area (TPSA) is 26.3 Å². The molecule has 0 bridgehead atoms. The van der Waals surface area contributed by atoms with Crippen LogP contribution in [0.1, 0.15) is 10.4 Å². The van der Waals surface area contributed by atoms with Crippen LogP contribution in [0.4, 0.5) is 13.2 Å². The van der Waals surface area contributed by atoms with Crippen molar-refractivity contribution in [2.75, 3.05) is 0 Å². The molecule has 0 spiro atoms. The smallest absolute Gasteiger partial charge is 0.405 e. The zero-order valence-electron chi connectivity index (χ0n) is 6.26. The molecule has 1 rings (SSSR count). The van der Waals surface area contributed by atoms with Crippen LogP contribution >= 0.6 is 0 Å². The number of hydrogen-bond donors (Lipinski definition) is 0. The molecule has 0 aliphatic heterocycles. The van der Waals surface area contributed by atoms with E-state index in [1.54, 1.807) is 0 Å². The lowest BCUT2D eigenvalue weighted by Gasteiger charge is -2.07. The molecule has 0 saturated heterocycles. The first kappa shape index (κ1) is 9.57. The van der Waals surface area contributed by atoms with E-state index >= 15 is 0 Å². The van der Waals surface area contributed by atoms with Crippen molar-refractivity contribution >= 4 is 6.29 Å². The fraction of sp³-hybridized carbons (Fsp3) is 0.125. The van der Waals surface area contributed by atoms with Gasteiger partial charge in [-0.15, -0.1) is 13.2 Å². The molecule has 13 heavy (non-hydrogen) atoms. The summed E-state index contributed by atoms with van der Waals surface area (Å²) in [5.41, 5.74) is 0.245. The summed E-state index contributed by atoms with van der Waals surface area (Å²) in [5.74, 6) is -0.460. The van der Waals surface area contributed by atoms with Crippen molar-refractivity contribution in [3.05, 3.63) is 29.8 Å². The van der Waals surface area contributed by atoms with Crippen LogP contribution in [0.3, 0.4) is 0 Å². The molecule has 0 N–H and O–H groups in total. The van der Waals surface area contributed by atoms with E-state index in [9.17, 15) is 18.0 Å². The Morgan fingerprint density at radius 1 is 1.38 bits per heavy atom. The van der Waals surface area contributed by atoms with Crippen molar-refractivity contribution in [3.8, 4) is 5.75 Å². The van der Waals surface area contributed by atoms with E-state index in [-0.39, 0.29) is 5.56 Å². The highest BCUT2D eigenvalue weighted by Crippen LogP contribution is 2.21. The molecule has 0 aliphatic carbocycles. The van der Waals surface area contributed by atoms with Gasteiger partial charge in [0.1, 0.15) is 12.0 Å². The minimum Gasteiger partial charge on any atom is -0.405 e. The quantitative estimate of drug-likeness (QED) is 0.666. The van der Waals surface area contributed by atoms with Crippen molar-refractivity contribution in [1.29, 1.82) is 0 Å². The average molecular weight is 189 g/mol. The van der Waals surface area contributed by atoms with Gasteiger partial charge in [0.05, 0.1) is 0 Å². The van der Waals surface area contributed by atoms with Crippen molar-refractivity contribution in [2.24, 2.45) is 0 Å². The van der Waals surface area contributed by atoms with Crippen molar-refractivity contribution in [3.63, 3.8) is 0 Å². The maximum Gasteiger partial charge on any atom is 0.573 e. The minimum absolute atomic E-state index is 0.245. The highest BCUT2D eigenvalue weighted by molar-refractivity contribution is 5.74. The lowest BCUT2D eigenvalue weighted by molar-refractivity contribution is -0.274. The number of benzene rings is 1. The van der Waals surface area contributed by atoms with Gasteiger partial charge in [-0.25, -0.2) is 0 Å². The fourth-order valence-corrected chi connectivity index (χ4v) is 0.684. The van der Waals surface area contributed by atoms with Gasteiger partial charge in [-0.05, 0) is 18.2 Å². The van der Waals surface area contributed by atoms with Crippen LogP contribution < -0.4 is 4.74 Å². The summed E-state index contributed by atoms with van der Waals surface area (Å²) < 4.78 is 38.4. The Labute approximate surface area is 71.9 Å². The van der Waals surface area contributed by atoms with Gasteiger partial charge in [0.2, 0.25) is 0 Å². The molecule has 69 valence electrons. The van der Waals surface area contributed by atoms with Gasteiger partial charge in [0.15, 0.2) is 0 Å². The fourth-order valence-electron chi connectivity index (χ4n) is 0.684. The molecule has 0 fully saturated rings. The zero-order valence-corrected chi connectivity index (χ0v) is 6.26. The molecule has 0 heterocycles. The molecule has 1 aromatic carbocycles. The molecule has 0 saturated carbocycles. The Morgan fingerprint density at radius 3 is 2.46 bits per heavy atom. The summed E-state index contributed by atoms with van der Waals surface area (Å²) in [5, 5.41) is 0. The summed E-state index contributed by atoms with van der Waals surface area (Å²) in [4.78, 5) is 10.1. The van der Waals surface area contributed by atoms with Crippen LogP contribution in [0.25, 0.3) is 0 Å². The standard InChI is InChI=1S/C8H4F3O2/c9-8(10,11)13-7-3-1-6(5-12)2-4-7/h1-3,5H. The Hall–Kier alpha value is -1.52. The summed E-state index contributed by atoms with van der Waals surface area (Å²) >= 11 is 0. The predicted octanol–water partition coefficient (Wildman–Crippen LogP) is 2.20. The highest BCUT2D eigenvalue weighted by Gasteiger charge is 2.30. The first-order valence-corrected chi connectivity index (χ1v) is 3.24. The van der Waals surface area contributed by atoms with Gasteiger partial charge in [-0.3, -0.25) is 4.79 Å². The van der Waals surface area contributed by atoms with Crippen molar-refractivity contribution < 1.29 is 22.7 Å². The van der Waals surface area contributed by atoms with E-state index in [0.717, 1.165) is 12.1 Å². The van der Waals surface area contributed by atoms with E-state index in [4.69, 9.17) is 0 Å². The third-order valence-corrected chi connectivity index (χ3v) is 1.17. The Morgan fingerprint density at radius 2 is 2.08 bits per heavy atom. The second-order valence-electron chi connectivity index (χ2n) is 2.15. The number of alkyl halides is 3. The molecule has 0 unspecified atom stereocenters. The molecule has 5 heteroatoms. The van der Waals surface area contributed by atoms with Crippen LogP contribution in [0.2, 0.25) is 0 Å². The highest BCUT2D eigenvalue weighted by atomic mass is 19.4. The first-order valence-electron chi connectivity index (χ1n) is 3.24. The second-order valence-corrected chi connectivity index (χ2v) is 2.15. The lowest BCUT2D eigenvalue weighted by atomic mass is 10.2.